The number of rotatable bonds is 5. The molecule has 1 aromatic heterocycles. The molecule has 132 valence electrons. The van der Waals surface area contributed by atoms with Gasteiger partial charge in [0.05, 0.1) is 5.56 Å². The minimum atomic E-state index is -0.829. The molecule has 2 aromatic carbocycles. The number of fused-ring (bicyclic) bond motifs is 1. The SMILES string of the molecule is NC(=O)c1ccsc1NC(=O)COC(=O)c1cc2ccccc2cc1O. The summed E-state index contributed by atoms with van der Waals surface area (Å²) in [5.74, 6) is -2.35. The minimum Gasteiger partial charge on any atom is -0.507 e. The number of ether oxygens (including phenoxy) is 1. The van der Waals surface area contributed by atoms with E-state index in [9.17, 15) is 19.5 Å². The van der Waals surface area contributed by atoms with Gasteiger partial charge < -0.3 is 20.9 Å². The quantitative estimate of drug-likeness (QED) is 0.596. The number of benzene rings is 2. The number of phenolic OH excluding ortho intramolecular Hbond substituents is 1. The Morgan fingerprint density at radius 3 is 2.46 bits per heavy atom. The molecule has 7 nitrogen and oxygen atoms in total. The zero-order chi connectivity index (χ0) is 18.7. The third-order valence-corrected chi connectivity index (χ3v) is 4.43. The number of anilines is 1. The molecule has 3 aromatic rings. The molecule has 0 spiro atoms. The van der Waals surface area contributed by atoms with Gasteiger partial charge in [-0.15, -0.1) is 11.3 Å². The van der Waals surface area contributed by atoms with Gasteiger partial charge in [0, 0.05) is 0 Å². The van der Waals surface area contributed by atoms with Crippen LogP contribution in [0.15, 0.2) is 47.8 Å². The maximum absolute atomic E-state index is 12.2. The molecule has 0 unspecified atom stereocenters. The zero-order valence-corrected chi connectivity index (χ0v) is 14.2. The Morgan fingerprint density at radius 2 is 1.77 bits per heavy atom. The van der Waals surface area contributed by atoms with Gasteiger partial charge in [0.2, 0.25) is 0 Å². The number of nitrogens with two attached hydrogens (primary N) is 1. The van der Waals surface area contributed by atoms with Crippen molar-refractivity contribution in [2.24, 2.45) is 5.73 Å². The number of nitrogens with one attached hydrogen (secondary N) is 1. The monoisotopic (exact) mass is 370 g/mol. The molecule has 0 fully saturated rings. The number of aromatic hydroxyl groups is 1. The van der Waals surface area contributed by atoms with E-state index in [2.05, 4.69) is 5.32 Å². The molecule has 0 aliphatic carbocycles. The summed E-state index contributed by atoms with van der Waals surface area (Å²) in [6.45, 7) is -0.568. The third-order valence-electron chi connectivity index (χ3n) is 3.60. The van der Waals surface area contributed by atoms with Crippen molar-refractivity contribution >= 4 is 44.9 Å². The van der Waals surface area contributed by atoms with Gasteiger partial charge in [0.1, 0.15) is 16.3 Å². The summed E-state index contributed by atoms with van der Waals surface area (Å²) in [6.07, 6.45) is 0. The lowest BCUT2D eigenvalue weighted by Crippen LogP contribution is -2.22. The van der Waals surface area contributed by atoms with Crippen LogP contribution < -0.4 is 11.1 Å². The van der Waals surface area contributed by atoms with Crippen LogP contribution >= 0.6 is 11.3 Å². The largest absolute Gasteiger partial charge is 0.507 e. The van der Waals surface area contributed by atoms with Gasteiger partial charge in [-0.3, -0.25) is 9.59 Å². The van der Waals surface area contributed by atoms with Crippen LogP contribution in [0.5, 0.6) is 5.75 Å². The zero-order valence-electron chi connectivity index (χ0n) is 13.4. The summed E-state index contributed by atoms with van der Waals surface area (Å²) in [5, 5.41) is 15.9. The molecule has 0 radical (unpaired) electrons. The first-order chi connectivity index (χ1) is 12.5. The number of amides is 2. The van der Waals surface area contributed by atoms with Crippen LogP contribution in [0.25, 0.3) is 10.8 Å². The highest BCUT2D eigenvalue weighted by Crippen LogP contribution is 2.26. The van der Waals surface area contributed by atoms with E-state index in [1.807, 2.05) is 6.07 Å². The molecule has 0 saturated carbocycles. The van der Waals surface area contributed by atoms with E-state index in [1.54, 1.807) is 23.6 Å². The van der Waals surface area contributed by atoms with E-state index in [0.29, 0.717) is 0 Å². The highest BCUT2D eigenvalue weighted by atomic mass is 32.1. The third kappa shape index (κ3) is 3.65. The molecule has 0 aliphatic heterocycles. The van der Waals surface area contributed by atoms with E-state index in [0.717, 1.165) is 22.1 Å². The Balaban J connectivity index is 1.67. The second-order valence-electron chi connectivity index (χ2n) is 5.37. The predicted octanol–water partition coefficient (Wildman–Crippen LogP) is 2.50. The molecule has 26 heavy (non-hydrogen) atoms. The van der Waals surface area contributed by atoms with Gasteiger partial charge in [-0.25, -0.2) is 4.79 Å². The molecular formula is C18H14N2O5S. The van der Waals surface area contributed by atoms with Gasteiger partial charge in [0.15, 0.2) is 6.61 Å². The van der Waals surface area contributed by atoms with Crippen molar-refractivity contribution in [3.63, 3.8) is 0 Å². The van der Waals surface area contributed by atoms with Crippen LogP contribution in [0, 0.1) is 0 Å². The first-order valence-corrected chi connectivity index (χ1v) is 8.39. The molecule has 0 saturated heterocycles. The number of hydrogen-bond acceptors (Lipinski definition) is 6. The van der Waals surface area contributed by atoms with Gasteiger partial charge in [0.25, 0.3) is 11.8 Å². The van der Waals surface area contributed by atoms with Crippen molar-refractivity contribution in [2.75, 3.05) is 11.9 Å². The molecule has 0 aliphatic rings. The van der Waals surface area contributed by atoms with E-state index in [4.69, 9.17) is 10.5 Å². The molecule has 2 amide bonds. The average molecular weight is 370 g/mol. The van der Waals surface area contributed by atoms with Crippen molar-refractivity contribution in [1.29, 1.82) is 0 Å². The minimum absolute atomic E-state index is 0.0366. The number of thiophene rings is 1. The topological polar surface area (TPSA) is 119 Å². The summed E-state index contributed by atoms with van der Waals surface area (Å²) in [4.78, 5) is 35.3. The number of hydrogen-bond donors (Lipinski definition) is 3. The predicted molar refractivity (Wildman–Crippen MR) is 97.4 cm³/mol. The number of esters is 1. The van der Waals surface area contributed by atoms with Crippen LogP contribution in [0.4, 0.5) is 5.00 Å². The summed E-state index contributed by atoms with van der Waals surface area (Å²) in [6, 6.07) is 11.7. The summed E-state index contributed by atoms with van der Waals surface area (Å²) in [7, 11) is 0. The van der Waals surface area contributed by atoms with E-state index in [-0.39, 0.29) is 21.9 Å². The lowest BCUT2D eigenvalue weighted by atomic mass is 10.1. The maximum atomic E-state index is 12.2. The molecule has 1 heterocycles. The Kier molecular flexibility index (Phi) is 4.85. The lowest BCUT2D eigenvalue weighted by Gasteiger charge is -2.08. The molecular weight excluding hydrogens is 356 g/mol. The van der Waals surface area contributed by atoms with Crippen molar-refractivity contribution in [3.8, 4) is 5.75 Å². The van der Waals surface area contributed by atoms with Crippen molar-refractivity contribution in [2.45, 2.75) is 0 Å². The second kappa shape index (κ2) is 7.24. The first-order valence-electron chi connectivity index (χ1n) is 7.51. The van der Waals surface area contributed by atoms with Gasteiger partial charge in [-0.05, 0) is 34.4 Å². The Labute approximate surface area is 152 Å². The van der Waals surface area contributed by atoms with Crippen LogP contribution in [0.2, 0.25) is 0 Å². The Morgan fingerprint density at radius 1 is 1.08 bits per heavy atom. The smallest absolute Gasteiger partial charge is 0.342 e. The van der Waals surface area contributed by atoms with E-state index >= 15 is 0 Å². The standard InChI is InChI=1S/C18H14N2O5S/c19-16(23)12-5-6-26-17(12)20-15(22)9-25-18(24)13-7-10-3-1-2-4-11(10)8-14(13)21/h1-8,21H,9H2,(H2,19,23)(H,20,22). The number of primary amides is 1. The van der Waals surface area contributed by atoms with Crippen LogP contribution in [0.3, 0.4) is 0 Å². The highest BCUT2D eigenvalue weighted by molar-refractivity contribution is 7.14. The van der Waals surface area contributed by atoms with Crippen molar-refractivity contribution in [3.05, 3.63) is 59.0 Å². The van der Waals surface area contributed by atoms with Crippen molar-refractivity contribution < 1.29 is 24.2 Å². The summed E-state index contributed by atoms with van der Waals surface area (Å²) in [5.41, 5.74) is 5.34. The fourth-order valence-corrected chi connectivity index (χ4v) is 3.17. The maximum Gasteiger partial charge on any atom is 0.342 e. The van der Waals surface area contributed by atoms with Crippen molar-refractivity contribution in [1.82, 2.24) is 0 Å². The number of phenols is 1. The molecule has 0 atom stereocenters. The Bertz CT molecular complexity index is 1010. The fourth-order valence-electron chi connectivity index (χ4n) is 2.36. The Hall–Kier alpha value is -3.39. The van der Waals surface area contributed by atoms with Gasteiger partial charge >= 0.3 is 5.97 Å². The van der Waals surface area contributed by atoms with Crippen LogP contribution in [0.1, 0.15) is 20.7 Å². The molecule has 8 heteroatoms. The number of carbonyl (C=O) groups is 3. The van der Waals surface area contributed by atoms with Gasteiger partial charge in [-0.1, -0.05) is 24.3 Å². The van der Waals surface area contributed by atoms with Crippen LogP contribution in [-0.2, 0) is 9.53 Å². The number of carbonyl (C=O) groups excluding carboxylic acids is 3. The van der Waals surface area contributed by atoms with Gasteiger partial charge in [-0.2, -0.15) is 0 Å². The molecule has 0 bridgehead atoms. The lowest BCUT2D eigenvalue weighted by molar-refractivity contribution is -0.119. The highest BCUT2D eigenvalue weighted by Gasteiger charge is 2.17. The van der Waals surface area contributed by atoms with Crippen LogP contribution in [-0.4, -0.2) is 29.5 Å². The van der Waals surface area contributed by atoms with E-state index in [1.165, 1.54) is 18.2 Å². The summed E-state index contributed by atoms with van der Waals surface area (Å²) >= 11 is 1.13. The fraction of sp³-hybridized carbons (Fsp3) is 0.0556. The average Bonchev–Trinajstić information content (AvgIpc) is 3.07. The first kappa shape index (κ1) is 17.4. The normalized spacial score (nSPS) is 10.5. The second-order valence-corrected chi connectivity index (χ2v) is 6.28. The van der Waals surface area contributed by atoms with E-state index < -0.39 is 24.4 Å². The molecule has 3 rings (SSSR count). The summed E-state index contributed by atoms with van der Waals surface area (Å²) < 4.78 is 4.95. The molecule has 4 N–H and O–H groups in total.